The number of nitrogens with two attached hydrogens (primary N) is 1. The van der Waals surface area contributed by atoms with Gasteiger partial charge in [-0.15, -0.1) is 5.10 Å². The SMILES string of the molecule is CC(C)(C)c1nnsc1C(=O)Nc1cc(F)ccc1N. The molecule has 0 bridgehead atoms. The molecule has 0 fully saturated rings. The van der Waals surface area contributed by atoms with Crippen LogP contribution in [0, 0.1) is 5.82 Å². The Morgan fingerprint density at radius 1 is 1.40 bits per heavy atom. The van der Waals surface area contributed by atoms with Gasteiger partial charge in [-0.3, -0.25) is 4.79 Å². The van der Waals surface area contributed by atoms with Gasteiger partial charge in [-0.25, -0.2) is 4.39 Å². The van der Waals surface area contributed by atoms with Gasteiger partial charge in [0.1, 0.15) is 10.7 Å². The van der Waals surface area contributed by atoms with E-state index in [0.29, 0.717) is 16.3 Å². The fraction of sp³-hybridized carbons (Fsp3) is 0.308. The lowest BCUT2D eigenvalue weighted by molar-refractivity contribution is 0.102. The lowest BCUT2D eigenvalue weighted by atomic mass is 9.91. The maximum absolute atomic E-state index is 13.2. The highest BCUT2D eigenvalue weighted by atomic mass is 32.1. The predicted molar refractivity (Wildman–Crippen MR) is 77.4 cm³/mol. The number of hydrogen-bond donors (Lipinski definition) is 2. The quantitative estimate of drug-likeness (QED) is 0.835. The summed E-state index contributed by atoms with van der Waals surface area (Å²) in [4.78, 5) is 12.7. The molecule has 0 saturated carbocycles. The van der Waals surface area contributed by atoms with E-state index in [0.717, 1.165) is 11.5 Å². The van der Waals surface area contributed by atoms with Gasteiger partial charge in [0.25, 0.3) is 5.91 Å². The van der Waals surface area contributed by atoms with Crippen molar-refractivity contribution in [2.75, 3.05) is 11.1 Å². The van der Waals surface area contributed by atoms with Crippen molar-refractivity contribution in [1.29, 1.82) is 0 Å². The zero-order chi connectivity index (χ0) is 14.9. The van der Waals surface area contributed by atoms with Crippen molar-refractivity contribution >= 4 is 28.8 Å². The average molecular weight is 294 g/mol. The Labute approximate surface area is 120 Å². The number of halogens is 1. The Bertz CT molecular complexity index is 648. The Morgan fingerprint density at radius 2 is 2.10 bits per heavy atom. The van der Waals surface area contributed by atoms with E-state index in [1.807, 2.05) is 20.8 Å². The van der Waals surface area contributed by atoms with Crippen molar-refractivity contribution in [2.45, 2.75) is 26.2 Å². The summed E-state index contributed by atoms with van der Waals surface area (Å²) in [6.07, 6.45) is 0. The third kappa shape index (κ3) is 2.93. The first kappa shape index (κ1) is 14.4. The molecule has 0 unspecified atom stereocenters. The molecule has 0 spiro atoms. The van der Waals surface area contributed by atoms with Gasteiger partial charge in [0.15, 0.2) is 0 Å². The summed E-state index contributed by atoms with van der Waals surface area (Å²) in [6, 6.07) is 3.82. The zero-order valence-electron chi connectivity index (χ0n) is 11.4. The summed E-state index contributed by atoms with van der Waals surface area (Å²) >= 11 is 1.01. The molecular weight excluding hydrogens is 279 g/mol. The van der Waals surface area contributed by atoms with Crippen LogP contribution in [0.15, 0.2) is 18.2 Å². The molecule has 0 aliphatic rings. The van der Waals surface area contributed by atoms with Gasteiger partial charge in [0.05, 0.1) is 17.1 Å². The molecule has 1 heterocycles. The first-order valence-electron chi connectivity index (χ1n) is 5.98. The van der Waals surface area contributed by atoms with Crippen LogP contribution in [0.5, 0.6) is 0 Å². The van der Waals surface area contributed by atoms with Gasteiger partial charge in [-0.05, 0) is 29.7 Å². The van der Waals surface area contributed by atoms with E-state index in [1.54, 1.807) is 0 Å². The first-order chi connectivity index (χ1) is 9.29. The summed E-state index contributed by atoms with van der Waals surface area (Å²) in [7, 11) is 0. The molecule has 0 radical (unpaired) electrons. The van der Waals surface area contributed by atoms with E-state index in [9.17, 15) is 9.18 Å². The van der Waals surface area contributed by atoms with E-state index in [2.05, 4.69) is 14.9 Å². The number of nitrogen functional groups attached to an aromatic ring is 1. The number of hydrogen-bond acceptors (Lipinski definition) is 5. The van der Waals surface area contributed by atoms with Crippen LogP contribution < -0.4 is 11.1 Å². The van der Waals surface area contributed by atoms with Gasteiger partial charge in [-0.1, -0.05) is 25.3 Å². The molecule has 2 aromatic rings. The minimum atomic E-state index is -0.465. The van der Waals surface area contributed by atoms with Crippen molar-refractivity contribution in [3.05, 3.63) is 34.6 Å². The normalized spacial score (nSPS) is 11.4. The number of amides is 1. The molecule has 1 amide bonds. The van der Waals surface area contributed by atoms with Crippen molar-refractivity contribution < 1.29 is 9.18 Å². The second-order valence-corrected chi connectivity index (χ2v) is 6.14. The molecule has 2 rings (SSSR count). The highest BCUT2D eigenvalue weighted by molar-refractivity contribution is 7.08. The number of aromatic nitrogens is 2. The molecule has 0 atom stereocenters. The highest BCUT2D eigenvalue weighted by Crippen LogP contribution is 2.27. The predicted octanol–water partition coefficient (Wildman–Crippen LogP) is 2.81. The third-order valence-electron chi connectivity index (χ3n) is 2.67. The number of carbonyl (C=O) groups excluding carboxylic acids is 1. The van der Waals surface area contributed by atoms with Gasteiger partial charge >= 0.3 is 0 Å². The Morgan fingerprint density at radius 3 is 2.75 bits per heavy atom. The molecule has 5 nitrogen and oxygen atoms in total. The summed E-state index contributed by atoms with van der Waals surface area (Å²) < 4.78 is 17.0. The molecular formula is C13H15FN4OS. The molecule has 20 heavy (non-hydrogen) atoms. The van der Waals surface area contributed by atoms with Crippen LogP contribution >= 0.6 is 11.5 Å². The van der Waals surface area contributed by atoms with Crippen molar-refractivity contribution in [3.8, 4) is 0 Å². The number of carbonyl (C=O) groups is 1. The first-order valence-corrected chi connectivity index (χ1v) is 6.75. The van der Waals surface area contributed by atoms with Gasteiger partial charge < -0.3 is 11.1 Å². The van der Waals surface area contributed by atoms with Gasteiger partial charge in [-0.2, -0.15) is 0 Å². The smallest absolute Gasteiger partial charge is 0.269 e. The van der Waals surface area contributed by atoms with Crippen molar-refractivity contribution in [2.24, 2.45) is 0 Å². The van der Waals surface area contributed by atoms with Crippen LogP contribution in [0.3, 0.4) is 0 Å². The fourth-order valence-corrected chi connectivity index (χ4v) is 2.42. The molecule has 106 valence electrons. The third-order valence-corrected chi connectivity index (χ3v) is 3.39. The molecule has 1 aromatic heterocycles. The van der Waals surface area contributed by atoms with Gasteiger partial charge in [0.2, 0.25) is 0 Å². The molecule has 0 saturated heterocycles. The minimum Gasteiger partial charge on any atom is -0.397 e. The Hall–Kier alpha value is -2.02. The maximum Gasteiger partial charge on any atom is 0.269 e. The van der Waals surface area contributed by atoms with Crippen molar-refractivity contribution in [1.82, 2.24) is 9.59 Å². The van der Waals surface area contributed by atoms with Crippen LogP contribution in [0.1, 0.15) is 36.1 Å². The van der Waals surface area contributed by atoms with E-state index in [-0.39, 0.29) is 17.0 Å². The van der Waals surface area contributed by atoms with Crippen LogP contribution in [0.25, 0.3) is 0 Å². The zero-order valence-corrected chi connectivity index (χ0v) is 12.2. The Kier molecular flexibility index (Phi) is 3.71. The summed E-state index contributed by atoms with van der Waals surface area (Å²) in [5, 5.41) is 6.58. The second-order valence-electron chi connectivity index (χ2n) is 5.39. The highest BCUT2D eigenvalue weighted by Gasteiger charge is 2.26. The van der Waals surface area contributed by atoms with E-state index in [1.165, 1.54) is 18.2 Å². The second kappa shape index (κ2) is 5.16. The molecule has 0 aliphatic carbocycles. The lowest BCUT2D eigenvalue weighted by Crippen LogP contribution is -2.20. The summed E-state index contributed by atoms with van der Waals surface area (Å²) in [5.74, 6) is -0.852. The number of benzene rings is 1. The summed E-state index contributed by atoms with van der Waals surface area (Å²) in [5.41, 5.74) is 6.55. The number of rotatable bonds is 2. The lowest BCUT2D eigenvalue weighted by Gasteiger charge is -2.16. The van der Waals surface area contributed by atoms with Crippen LogP contribution in [0.4, 0.5) is 15.8 Å². The topological polar surface area (TPSA) is 80.9 Å². The largest absolute Gasteiger partial charge is 0.397 e. The molecule has 3 N–H and O–H groups in total. The van der Waals surface area contributed by atoms with Crippen LogP contribution in [-0.2, 0) is 5.41 Å². The van der Waals surface area contributed by atoms with E-state index in [4.69, 9.17) is 5.73 Å². The molecule has 7 heteroatoms. The van der Waals surface area contributed by atoms with Crippen LogP contribution in [-0.4, -0.2) is 15.5 Å². The Balaban J connectivity index is 2.30. The molecule has 1 aromatic carbocycles. The summed E-state index contributed by atoms with van der Waals surface area (Å²) in [6.45, 7) is 5.82. The average Bonchev–Trinajstić information content (AvgIpc) is 2.82. The minimum absolute atomic E-state index is 0.239. The van der Waals surface area contributed by atoms with E-state index >= 15 is 0 Å². The molecule has 0 aliphatic heterocycles. The monoisotopic (exact) mass is 294 g/mol. The number of anilines is 2. The number of nitrogens with zero attached hydrogens (tertiary/aromatic N) is 2. The maximum atomic E-state index is 13.2. The standard InChI is InChI=1S/C13H15FN4OS/c1-13(2,3)11-10(20-18-17-11)12(19)16-9-6-7(14)4-5-8(9)15/h4-6H,15H2,1-3H3,(H,16,19). The van der Waals surface area contributed by atoms with Crippen molar-refractivity contribution in [3.63, 3.8) is 0 Å². The van der Waals surface area contributed by atoms with Gasteiger partial charge in [0, 0.05) is 5.41 Å². The number of nitrogens with one attached hydrogen (secondary N) is 1. The van der Waals surface area contributed by atoms with Crippen LogP contribution in [0.2, 0.25) is 0 Å². The van der Waals surface area contributed by atoms with E-state index < -0.39 is 5.82 Å². The fourth-order valence-electron chi connectivity index (χ4n) is 1.65.